The zero-order chi connectivity index (χ0) is 26.9. The number of ether oxygens (including phenoxy) is 2. The van der Waals surface area contributed by atoms with E-state index in [0.29, 0.717) is 17.3 Å². The Labute approximate surface area is 227 Å². The van der Waals surface area contributed by atoms with Crippen LogP contribution in [-0.4, -0.2) is 31.3 Å². The molecular formula is C29H44N2O3S2. The summed E-state index contributed by atoms with van der Waals surface area (Å²) in [5, 5.41) is 7.62. The van der Waals surface area contributed by atoms with Crippen LogP contribution >= 0.6 is 23.6 Å². The van der Waals surface area contributed by atoms with Crippen LogP contribution in [0.4, 0.5) is 5.00 Å². The number of hydrogen-bond acceptors (Lipinski definition) is 5. The molecule has 1 aromatic heterocycles. The molecule has 0 saturated heterocycles. The Balaban J connectivity index is 1.89. The number of hydrogen-bond donors (Lipinski definition) is 2. The maximum atomic E-state index is 12.0. The predicted octanol–water partition coefficient (Wildman–Crippen LogP) is 7.62. The molecule has 5 nitrogen and oxygen atoms in total. The van der Waals surface area contributed by atoms with Gasteiger partial charge in [-0.3, -0.25) is 0 Å². The SMILES string of the molecule is CCc1cc(C(=O)OC)c(NC(=S)NCCCCOc2ccc(C(C)(C)CC)cc2C(C)(C)CC)s1. The van der Waals surface area contributed by atoms with Gasteiger partial charge in [-0.2, -0.15) is 0 Å². The number of esters is 1. The van der Waals surface area contributed by atoms with E-state index >= 15 is 0 Å². The fourth-order valence-electron chi connectivity index (χ4n) is 3.73. The van der Waals surface area contributed by atoms with E-state index in [0.717, 1.165) is 54.3 Å². The molecule has 0 aliphatic rings. The quantitative estimate of drug-likeness (QED) is 0.157. The van der Waals surface area contributed by atoms with Crippen LogP contribution < -0.4 is 15.4 Å². The summed E-state index contributed by atoms with van der Waals surface area (Å²) in [5.41, 5.74) is 3.38. The average Bonchev–Trinajstić information content (AvgIpc) is 3.28. The lowest BCUT2D eigenvalue weighted by atomic mass is 9.76. The summed E-state index contributed by atoms with van der Waals surface area (Å²) < 4.78 is 11.2. The zero-order valence-electron chi connectivity index (χ0n) is 23.3. The van der Waals surface area contributed by atoms with E-state index in [2.05, 4.69) is 77.3 Å². The Morgan fingerprint density at radius 1 is 1.03 bits per heavy atom. The van der Waals surface area contributed by atoms with Crippen molar-refractivity contribution >= 4 is 39.6 Å². The first-order valence-electron chi connectivity index (χ1n) is 13.0. The highest BCUT2D eigenvalue weighted by Crippen LogP contribution is 2.38. The average molecular weight is 533 g/mol. The van der Waals surface area contributed by atoms with Crippen molar-refractivity contribution < 1.29 is 14.3 Å². The van der Waals surface area contributed by atoms with Gasteiger partial charge in [-0.05, 0) is 72.8 Å². The molecule has 0 spiro atoms. The number of benzene rings is 1. The number of aryl methyl sites for hydroxylation is 1. The Morgan fingerprint density at radius 3 is 2.33 bits per heavy atom. The normalized spacial score (nSPS) is 11.8. The van der Waals surface area contributed by atoms with E-state index < -0.39 is 0 Å². The minimum absolute atomic E-state index is 0.0526. The van der Waals surface area contributed by atoms with Crippen LogP contribution in [0, 0.1) is 0 Å². The highest BCUT2D eigenvalue weighted by molar-refractivity contribution is 7.80. The number of thiophene rings is 1. The lowest BCUT2D eigenvalue weighted by Gasteiger charge is -2.30. The summed E-state index contributed by atoms with van der Waals surface area (Å²) in [6, 6.07) is 8.59. The van der Waals surface area contributed by atoms with Gasteiger partial charge in [0.15, 0.2) is 5.11 Å². The Kier molecular flexibility index (Phi) is 11.2. The van der Waals surface area contributed by atoms with Crippen LogP contribution in [0.15, 0.2) is 24.3 Å². The summed E-state index contributed by atoms with van der Waals surface area (Å²) in [5.74, 6) is 0.632. The van der Waals surface area contributed by atoms with Gasteiger partial charge < -0.3 is 20.1 Å². The van der Waals surface area contributed by atoms with E-state index in [1.54, 1.807) is 0 Å². The smallest absolute Gasteiger partial charge is 0.340 e. The predicted molar refractivity (Wildman–Crippen MR) is 157 cm³/mol. The molecule has 2 rings (SSSR count). The van der Waals surface area contributed by atoms with Crippen molar-refractivity contribution in [3.8, 4) is 5.75 Å². The van der Waals surface area contributed by atoms with Crippen molar-refractivity contribution in [2.24, 2.45) is 0 Å². The maximum Gasteiger partial charge on any atom is 0.340 e. The molecule has 0 aliphatic carbocycles. The van der Waals surface area contributed by atoms with Crippen molar-refractivity contribution in [2.75, 3.05) is 25.6 Å². The topological polar surface area (TPSA) is 59.6 Å². The molecule has 0 unspecified atom stereocenters. The van der Waals surface area contributed by atoms with Crippen molar-refractivity contribution in [3.63, 3.8) is 0 Å². The zero-order valence-corrected chi connectivity index (χ0v) is 24.9. The lowest BCUT2D eigenvalue weighted by Crippen LogP contribution is -2.29. The monoisotopic (exact) mass is 532 g/mol. The first-order chi connectivity index (χ1) is 17.0. The number of thiocarbonyl (C=S) groups is 1. The highest BCUT2D eigenvalue weighted by atomic mass is 32.1. The summed E-state index contributed by atoms with van der Waals surface area (Å²) in [6.45, 7) is 17.1. The molecule has 1 heterocycles. The van der Waals surface area contributed by atoms with Gasteiger partial charge in [-0.1, -0.05) is 60.6 Å². The first-order valence-corrected chi connectivity index (χ1v) is 14.2. The fraction of sp³-hybridized carbons (Fsp3) is 0.586. The molecule has 0 saturated carbocycles. The van der Waals surface area contributed by atoms with Gasteiger partial charge in [0, 0.05) is 17.0 Å². The van der Waals surface area contributed by atoms with Crippen LogP contribution in [0.3, 0.4) is 0 Å². The van der Waals surface area contributed by atoms with Gasteiger partial charge in [-0.15, -0.1) is 11.3 Å². The van der Waals surface area contributed by atoms with E-state index in [4.69, 9.17) is 21.7 Å². The number of nitrogens with one attached hydrogen (secondary N) is 2. The molecular weight excluding hydrogens is 488 g/mol. The molecule has 0 fully saturated rings. The molecule has 2 N–H and O–H groups in total. The minimum Gasteiger partial charge on any atom is -0.493 e. The second kappa shape index (κ2) is 13.4. The Morgan fingerprint density at radius 2 is 1.72 bits per heavy atom. The third-order valence-corrected chi connectivity index (χ3v) is 8.58. The number of unbranched alkanes of at least 4 members (excludes halogenated alkanes) is 1. The van der Waals surface area contributed by atoms with Crippen molar-refractivity contribution in [3.05, 3.63) is 45.8 Å². The lowest BCUT2D eigenvalue weighted by molar-refractivity contribution is 0.0602. The fourth-order valence-corrected chi connectivity index (χ4v) is 4.99. The first kappa shape index (κ1) is 30.1. The minimum atomic E-state index is -0.356. The second-order valence-corrected chi connectivity index (χ2v) is 12.0. The molecule has 200 valence electrons. The largest absolute Gasteiger partial charge is 0.493 e. The van der Waals surface area contributed by atoms with Gasteiger partial charge in [0.05, 0.1) is 19.3 Å². The number of carbonyl (C=O) groups is 1. The van der Waals surface area contributed by atoms with E-state index in [-0.39, 0.29) is 16.8 Å². The van der Waals surface area contributed by atoms with Crippen molar-refractivity contribution in [1.82, 2.24) is 5.32 Å². The molecule has 0 radical (unpaired) electrons. The van der Waals surface area contributed by atoms with Crippen molar-refractivity contribution in [2.45, 2.75) is 91.4 Å². The molecule has 0 atom stereocenters. The molecule has 36 heavy (non-hydrogen) atoms. The summed E-state index contributed by atoms with van der Waals surface area (Å²) in [4.78, 5) is 13.2. The molecule has 7 heteroatoms. The third-order valence-electron chi connectivity index (χ3n) is 7.14. The van der Waals surface area contributed by atoms with Crippen LogP contribution in [0.1, 0.15) is 101 Å². The maximum absolute atomic E-state index is 12.0. The standard InChI is InChI=1S/C29H44N2O3S2/c1-9-21-19-22(26(32)33-8)25(36-21)31-27(35)30-16-12-13-17-34-24-15-14-20(28(4,5)10-2)18-23(24)29(6,7)11-3/h14-15,18-19H,9-13,16-17H2,1-8H3,(H2,30,31,35). The van der Waals surface area contributed by atoms with Crippen molar-refractivity contribution in [1.29, 1.82) is 0 Å². The molecule has 2 aromatic rings. The van der Waals surface area contributed by atoms with Crippen LogP contribution in [-0.2, 0) is 22.0 Å². The summed E-state index contributed by atoms with van der Waals surface area (Å²) in [7, 11) is 1.39. The molecule has 0 bridgehead atoms. The van der Waals surface area contributed by atoms with Gasteiger partial charge in [-0.25, -0.2) is 4.79 Å². The molecule has 0 amide bonds. The Hall–Kier alpha value is -2.12. The van der Waals surface area contributed by atoms with Crippen LogP contribution in [0.25, 0.3) is 0 Å². The van der Waals surface area contributed by atoms with E-state index in [1.807, 2.05) is 6.07 Å². The highest BCUT2D eigenvalue weighted by Gasteiger charge is 2.26. The molecule has 0 aliphatic heterocycles. The number of carbonyl (C=O) groups excluding carboxylic acids is 1. The number of methoxy groups -OCH3 is 1. The van der Waals surface area contributed by atoms with Gasteiger partial charge in [0.25, 0.3) is 0 Å². The van der Waals surface area contributed by atoms with E-state index in [1.165, 1.54) is 29.6 Å². The third kappa shape index (κ3) is 7.94. The second-order valence-electron chi connectivity index (χ2n) is 10.4. The summed E-state index contributed by atoms with van der Waals surface area (Å²) >= 11 is 6.97. The summed E-state index contributed by atoms with van der Waals surface area (Å²) in [6.07, 6.45) is 4.83. The van der Waals surface area contributed by atoms with Gasteiger partial charge in [0.2, 0.25) is 0 Å². The van der Waals surface area contributed by atoms with E-state index in [9.17, 15) is 4.79 Å². The number of rotatable bonds is 13. The van der Waals surface area contributed by atoms with Crippen LogP contribution in [0.2, 0.25) is 0 Å². The molecule has 1 aromatic carbocycles. The Bertz CT molecular complexity index is 1030. The van der Waals surface area contributed by atoms with Gasteiger partial charge in [0.1, 0.15) is 10.8 Å². The van der Waals surface area contributed by atoms with Crippen LogP contribution in [0.5, 0.6) is 5.75 Å². The number of anilines is 1. The van der Waals surface area contributed by atoms with Gasteiger partial charge >= 0.3 is 5.97 Å².